The summed E-state index contributed by atoms with van der Waals surface area (Å²) in [6.07, 6.45) is 1.81. The van der Waals surface area contributed by atoms with Crippen LogP contribution in [0.5, 0.6) is 11.5 Å². The second kappa shape index (κ2) is 9.52. The van der Waals surface area contributed by atoms with Crippen molar-refractivity contribution in [2.45, 2.75) is 20.8 Å². The smallest absolute Gasteiger partial charge is 0.282 e. The van der Waals surface area contributed by atoms with Crippen LogP contribution in [-0.4, -0.2) is 25.0 Å². The van der Waals surface area contributed by atoms with E-state index in [-0.39, 0.29) is 5.91 Å². The maximum Gasteiger partial charge on any atom is 0.282 e. The Hall–Kier alpha value is -3.86. The van der Waals surface area contributed by atoms with Gasteiger partial charge >= 0.3 is 0 Å². The summed E-state index contributed by atoms with van der Waals surface area (Å²) in [4.78, 5) is 19.8. The lowest BCUT2D eigenvalue weighted by atomic mass is 10.1. The molecular weight excluding hydrogens is 400 g/mol. The minimum Gasteiger partial charge on any atom is -0.494 e. The SMILES string of the molecule is CCOc1ccc(/C=C2\N=C(c3ccc(C)cc3)N(c3ccc(OCC)cc3)C2=O)cc1. The first kappa shape index (κ1) is 21.4. The van der Waals surface area contributed by atoms with Crippen LogP contribution in [0.1, 0.15) is 30.5 Å². The highest BCUT2D eigenvalue weighted by Gasteiger charge is 2.32. The minimum absolute atomic E-state index is 0.168. The van der Waals surface area contributed by atoms with Crippen molar-refractivity contribution < 1.29 is 14.3 Å². The number of amides is 1. The first-order chi connectivity index (χ1) is 15.6. The van der Waals surface area contributed by atoms with E-state index in [1.165, 1.54) is 0 Å². The predicted octanol–water partition coefficient (Wildman–Crippen LogP) is 5.63. The van der Waals surface area contributed by atoms with E-state index in [0.29, 0.717) is 24.7 Å². The molecule has 4 rings (SSSR count). The van der Waals surface area contributed by atoms with Crippen LogP contribution < -0.4 is 14.4 Å². The van der Waals surface area contributed by atoms with Crippen LogP contribution in [0.2, 0.25) is 0 Å². The molecule has 0 bridgehead atoms. The van der Waals surface area contributed by atoms with Crippen molar-refractivity contribution in [2.24, 2.45) is 4.99 Å². The zero-order valence-corrected chi connectivity index (χ0v) is 18.5. The number of carbonyl (C=O) groups excluding carboxylic acids is 1. The van der Waals surface area contributed by atoms with Crippen molar-refractivity contribution in [1.82, 2.24) is 0 Å². The highest BCUT2D eigenvalue weighted by molar-refractivity contribution is 6.33. The van der Waals surface area contributed by atoms with Crippen molar-refractivity contribution in [2.75, 3.05) is 18.1 Å². The molecule has 32 heavy (non-hydrogen) atoms. The molecule has 0 atom stereocenters. The minimum atomic E-state index is -0.168. The van der Waals surface area contributed by atoms with Crippen molar-refractivity contribution in [3.8, 4) is 11.5 Å². The molecule has 5 heteroatoms. The maximum absolute atomic E-state index is 13.4. The van der Waals surface area contributed by atoms with Gasteiger partial charge in [0.25, 0.3) is 5.91 Å². The zero-order valence-electron chi connectivity index (χ0n) is 18.5. The number of nitrogens with zero attached hydrogens (tertiary/aromatic N) is 2. The van der Waals surface area contributed by atoms with Crippen LogP contribution in [-0.2, 0) is 4.79 Å². The molecule has 1 aliphatic rings. The molecule has 3 aromatic rings. The van der Waals surface area contributed by atoms with Crippen molar-refractivity contribution >= 4 is 23.5 Å². The molecule has 0 spiro atoms. The van der Waals surface area contributed by atoms with Gasteiger partial charge in [-0.25, -0.2) is 4.99 Å². The predicted molar refractivity (Wildman–Crippen MR) is 128 cm³/mol. The summed E-state index contributed by atoms with van der Waals surface area (Å²) in [5, 5.41) is 0. The Morgan fingerprint density at radius 1 is 0.812 bits per heavy atom. The number of hydrogen-bond donors (Lipinski definition) is 0. The van der Waals surface area contributed by atoms with E-state index in [9.17, 15) is 4.79 Å². The molecular formula is C27H26N2O3. The van der Waals surface area contributed by atoms with Gasteiger partial charge in [-0.05, 0) is 68.8 Å². The van der Waals surface area contributed by atoms with Gasteiger partial charge in [-0.15, -0.1) is 0 Å². The van der Waals surface area contributed by atoms with Crippen LogP contribution in [0.3, 0.4) is 0 Å². The Labute approximate surface area is 188 Å². The van der Waals surface area contributed by atoms with Gasteiger partial charge < -0.3 is 9.47 Å². The quantitative estimate of drug-likeness (QED) is 0.460. The molecule has 0 radical (unpaired) electrons. The summed E-state index contributed by atoms with van der Waals surface area (Å²) in [5.74, 6) is 2.00. The molecule has 0 fully saturated rings. The number of aliphatic imine (C=N–C) groups is 1. The third-order valence-corrected chi connectivity index (χ3v) is 5.07. The molecule has 1 amide bonds. The number of hydrogen-bond acceptors (Lipinski definition) is 4. The van der Waals surface area contributed by atoms with Gasteiger partial charge in [0.2, 0.25) is 0 Å². The Kier molecular flexibility index (Phi) is 6.36. The standard InChI is InChI=1S/C27H26N2O3/c1-4-31-23-14-8-20(9-15-23)18-25-27(30)29(22-12-16-24(17-13-22)32-5-2)26(28-25)21-10-6-19(3)7-11-21/h6-18H,4-5H2,1-3H3/b25-18-. The third-order valence-electron chi connectivity index (χ3n) is 5.07. The van der Waals surface area contributed by atoms with Gasteiger partial charge in [0.15, 0.2) is 0 Å². The number of amidine groups is 1. The fourth-order valence-corrected chi connectivity index (χ4v) is 3.50. The second-order valence-electron chi connectivity index (χ2n) is 7.40. The topological polar surface area (TPSA) is 51.1 Å². The number of rotatable bonds is 7. The van der Waals surface area contributed by atoms with E-state index >= 15 is 0 Å². The number of benzene rings is 3. The largest absolute Gasteiger partial charge is 0.494 e. The average Bonchev–Trinajstić information content (AvgIpc) is 3.12. The monoisotopic (exact) mass is 426 g/mol. The molecule has 1 heterocycles. The summed E-state index contributed by atoms with van der Waals surface area (Å²) >= 11 is 0. The molecule has 5 nitrogen and oxygen atoms in total. The second-order valence-corrected chi connectivity index (χ2v) is 7.40. The Morgan fingerprint density at radius 3 is 1.94 bits per heavy atom. The molecule has 0 saturated heterocycles. The van der Waals surface area contributed by atoms with Crippen molar-refractivity contribution in [1.29, 1.82) is 0 Å². The Morgan fingerprint density at radius 2 is 1.38 bits per heavy atom. The van der Waals surface area contributed by atoms with Crippen molar-refractivity contribution in [3.05, 3.63) is 95.2 Å². The first-order valence-electron chi connectivity index (χ1n) is 10.8. The fourth-order valence-electron chi connectivity index (χ4n) is 3.50. The summed E-state index contributed by atoms with van der Waals surface area (Å²) in [6, 6.07) is 23.1. The summed E-state index contributed by atoms with van der Waals surface area (Å²) < 4.78 is 11.1. The van der Waals surface area contributed by atoms with Crippen LogP contribution in [0.4, 0.5) is 5.69 Å². The van der Waals surface area contributed by atoms with E-state index in [2.05, 4.69) is 0 Å². The van der Waals surface area contributed by atoms with E-state index in [1.807, 2.05) is 93.6 Å². The van der Waals surface area contributed by atoms with Gasteiger partial charge in [-0.3, -0.25) is 9.69 Å². The van der Waals surface area contributed by atoms with Gasteiger partial charge in [0, 0.05) is 5.56 Å². The number of ether oxygens (including phenoxy) is 2. The molecule has 1 aliphatic heterocycles. The lowest BCUT2D eigenvalue weighted by molar-refractivity contribution is -0.113. The van der Waals surface area contributed by atoms with E-state index in [4.69, 9.17) is 14.5 Å². The summed E-state index contributed by atoms with van der Waals surface area (Å²) in [5.41, 5.74) is 4.05. The number of aryl methyl sites for hydroxylation is 1. The molecule has 162 valence electrons. The summed E-state index contributed by atoms with van der Waals surface area (Å²) in [6.45, 7) is 7.13. The molecule has 0 unspecified atom stereocenters. The lowest BCUT2D eigenvalue weighted by Crippen LogP contribution is -2.32. The number of anilines is 1. The summed E-state index contributed by atoms with van der Waals surface area (Å²) in [7, 11) is 0. The van der Waals surface area contributed by atoms with E-state index in [0.717, 1.165) is 33.9 Å². The average molecular weight is 427 g/mol. The van der Waals surface area contributed by atoms with E-state index in [1.54, 1.807) is 11.0 Å². The molecule has 0 N–H and O–H groups in total. The van der Waals surface area contributed by atoms with Crippen molar-refractivity contribution in [3.63, 3.8) is 0 Å². The highest BCUT2D eigenvalue weighted by atomic mass is 16.5. The van der Waals surface area contributed by atoms with Crippen LogP contribution >= 0.6 is 0 Å². The maximum atomic E-state index is 13.4. The van der Waals surface area contributed by atoms with Gasteiger partial charge in [0.1, 0.15) is 23.0 Å². The van der Waals surface area contributed by atoms with Gasteiger partial charge in [-0.1, -0.05) is 42.0 Å². The van der Waals surface area contributed by atoms with Crippen LogP contribution in [0.25, 0.3) is 6.08 Å². The molecule has 0 saturated carbocycles. The highest BCUT2D eigenvalue weighted by Crippen LogP contribution is 2.29. The normalized spacial score (nSPS) is 14.6. The Bertz CT molecular complexity index is 1150. The first-order valence-corrected chi connectivity index (χ1v) is 10.8. The van der Waals surface area contributed by atoms with Gasteiger partial charge in [0.05, 0.1) is 18.9 Å². The van der Waals surface area contributed by atoms with Crippen LogP contribution in [0.15, 0.2) is 83.5 Å². The molecule has 0 aliphatic carbocycles. The molecule has 3 aromatic carbocycles. The third kappa shape index (κ3) is 4.57. The fraction of sp³-hybridized carbons (Fsp3) is 0.185. The van der Waals surface area contributed by atoms with E-state index < -0.39 is 0 Å². The van der Waals surface area contributed by atoms with Gasteiger partial charge in [-0.2, -0.15) is 0 Å². The molecule has 0 aromatic heterocycles. The zero-order chi connectivity index (χ0) is 22.5. The number of carbonyl (C=O) groups is 1. The van der Waals surface area contributed by atoms with Crippen LogP contribution in [0, 0.1) is 6.92 Å². The lowest BCUT2D eigenvalue weighted by Gasteiger charge is -2.19. The Balaban J connectivity index is 1.72.